The lowest BCUT2D eigenvalue weighted by molar-refractivity contribution is -0.123. The van der Waals surface area contributed by atoms with Crippen LogP contribution in [0.25, 0.3) is 0 Å². The number of fused-ring (bicyclic) bond motifs is 1. The Hall–Kier alpha value is -1.55. The summed E-state index contributed by atoms with van der Waals surface area (Å²) in [5.41, 5.74) is 2.50. The highest BCUT2D eigenvalue weighted by atomic mass is 28.4. The molecule has 0 radical (unpaired) electrons. The molecule has 4 heteroatoms. The van der Waals surface area contributed by atoms with Crippen LogP contribution in [0.5, 0.6) is 0 Å². The Labute approximate surface area is 178 Å². The molecule has 1 aromatic carbocycles. The second-order valence-corrected chi connectivity index (χ2v) is 15.5. The number of carbonyl (C=O) groups excluding carboxylic acids is 1. The lowest BCUT2D eigenvalue weighted by Gasteiger charge is -2.48. The first kappa shape index (κ1) is 22.1. The molecule has 3 nitrogen and oxygen atoms in total. The largest absolute Gasteiger partial charge is 0.545 e. The molecule has 0 aromatic heterocycles. The van der Waals surface area contributed by atoms with Gasteiger partial charge in [0.15, 0.2) is 0 Å². The number of rotatable bonds is 7. The molecule has 1 aliphatic carbocycles. The summed E-state index contributed by atoms with van der Waals surface area (Å²) in [5.74, 6) is 1.19. The molecule has 1 aromatic rings. The van der Waals surface area contributed by atoms with Gasteiger partial charge in [-0.1, -0.05) is 71.9 Å². The smallest absolute Gasteiger partial charge is 0.258 e. The Kier molecular flexibility index (Phi) is 6.33. The van der Waals surface area contributed by atoms with Gasteiger partial charge in [0.1, 0.15) is 0 Å². The molecule has 0 saturated carbocycles. The summed E-state index contributed by atoms with van der Waals surface area (Å²) in [5, 5.41) is 3.33. The molecule has 1 fully saturated rings. The topological polar surface area (TPSA) is 38.3 Å². The average Bonchev–Trinajstić information content (AvgIpc) is 2.91. The van der Waals surface area contributed by atoms with Gasteiger partial charge in [-0.2, -0.15) is 0 Å². The van der Waals surface area contributed by atoms with E-state index in [0.29, 0.717) is 16.6 Å². The van der Waals surface area contributed by atoms with Crippen molar-refractivity contribution >= 4 is 14.2 Å². The van der Waals surface area contributed by atoms with Gasteiger partial charge < -0.3 is 9.74 Å². The van der Waals surface area contributed by atoms with Crippen molar-refractivity contribution in [2.24, 2.45) is 11.3 Å². The van der Waals surface area contributed by atoms with Gasteiger partial charge in [0.2, 0.25) is 5.91 Å². The van der Waals surface area contributed by atoms with Crippen molar-refractivity contribution in [1.82, 2.24) is 5.32 Å². The fourth-order valence-corrected chi connectivity index (χ4v) is 11.5. The van der Waals surface area contributed by atoms with Crippen LogP contribution in [0.2, 0.25) is 16.6 Å². The average molecular weight is 414 g/mol. The molecule has 1 aliphatic heterocycles. The fraction of sp³-hybridized carbons (Fsp3) is 0.640. The first-order valence-corrected chi connectivity index (χ1v) is 13.5. The van der Waals surface area contributed by atoms with Crippen LogP contribution in [0.15, 0.2) is 42.2 Å². The van der Waals surface area contributed by atoms with Crippen molar-refractivity contribution in [1.29, 1.82) is 0 Å². The van der Waals surface area contributed by atoms with Gasteiger partial charge in [-0.05, 0) is 54.4 Å². The van der Waals surface area contributed by atoms with Crippen LogP contribution < -0.4 is 5.32 Å². The third-order valence-corrected chi connectivity index (χ3v) is 13.7. The van der Waals surface area contributed by atoms with E-state index in [2.05, 4.69) is 84.1 Å². The van der Waals surface area contributed by atoms with E-state index in [1.165, 1.54) is 5.56 Å². The van der Waals surface area contributed by atoms with Crippen molar-refractivity contribution in [3.05, 3.63) is 47.7 Å². The Morgan fingerprint density at radius 2 is 1.66 bits per heavy atom. The van der Waals surface area contributed by atoms with Crippen LogP contribution in [0.1, 0.15) is 66.9 Å². The van der Waals surface area contributed by atoms with Crippen LogP contribution in [-0.2, 0) is 15.6 Å². The zero-order chi connectivity index (χ0) is 21.4. The monoisotopic (exact) mass is 413 g/mol. The van der Waals surface area contributed by atoms with Crippen LogP contribution in [0.4, 0.5) is 0 Å². The van der Waals surface area contributed by atoms with Gasteiger partial charge in [0.05, 0.1) is 17.1 Å². The van der Waals surface area contributed by atoms with E-state index < -0.39 is 8.32 Å². The summed E-state index contributed by atoms with van der Waals surface area (Å²) in [6.07, 6.45) is 5.05. The molecule has 1 N–H and O–H groups in total. The van der Waals surface area contributed by atoms with E-state index in [9.17, 15) is 4.79 Å². The van der Waals surface area contributed by atoms with Crippen LogP contribution in [-0.4, -0.2) is 20.3 Å². The number of benzene rings is 1. The summed E-state index contributed by atoms with van der Waals surface area (Å²) in [6.45, 7) is 16.2. The van der Waals surface area contributed by atoms with E-state index in [4.69, 9.17) is 4.43 Å². The quantitative estimate of drug-likeness (QED) is 0.539. The third-order valence-electron chi connectivity index (χ3n) is 7.67. The zero-order valence-electron chi connectivity index (χ0n) is 19.3. The molecule has 29 heavy (non-hydrogen) atoms. The van der Waals surface area contributed by atoms with Crippen molar-refractivity contribution in [2.45, 2.75) is 90.4 Å². The highest BCUT2D eigenvalue weighted by Gasteiger charge is 2.58. The summed E-state index contributed by atoms with van der Waals surface area (Å²) < 4.78 is 7.20. The van der Waals surface area contributed by atoms with E-state index in [0.717, 1.165) is 25.0 Å². The van der Waals surface area contributed by atoms with Gasteiger partial charge >= 0.3 is 0 Å². The van der Waals surface area contributed by atoms with Crippen molar-refractivity contribution < 1.29 is 9.22 Å². The maximum atomic E-state index is 13.1. The van der Waals surface area contributed by atoms with Gasteiger partial charge in [-0.15, -0.1) is 0 Å². The predicted molar refractivity (Wildman–Crippen MR) is 123 cm³/mol. The van der Waals surface area contributed by atoms with Crippen LogP contribution in [0, 0.1) is 11.3 Å². The SMILES string of the molecule is CC(C)[Si](OC1=CCC[C@@H]2NC(=O)[C@@H](Cc3ccccc3)[C@]12C)(C(C)C)C(C)C. The molecule has 0 unspecified atom stereocenters. The van der Waals surface area contributed by atoms with E-state index in [-0.39, 0.29) is 23.3 Å². The zero-order valence-corrected chi connectivity index (χ0v) is 20.3. The lowest BCUT2D eigenvalue weighted by atomic mass is 9.67. The minimum atomic E-state index is -2.07. The standard InChI is InChI=1S/C25H39NO2Si/c1-17(2)29(18(3)4,19(5)6)28-23-15-11-14-22-25(23,7)21(24(27)26-22)16-20-12-9-8-10-13-20/h8-10,12-13,15,17-19,21-22H,11,14,16H2,1-7H3,(H,26,27)/t21-,22+,25+/m1/s1. The number of carbonyl (C=O) groups is 1. The highest BCUT2D eigenvalue weighted by Crippen LogP contribution is 2.53. The second kappa shape index (κ2) is 8.29. The molecule has 1 saturated heterocycles. The van der Waals surface area contributed by atoms with Gasteiger partial charge in [-0.3, -0.25) is 4.79 Å². The van der Waals surface area contributed by atoms with Crippen molar-refractivity contribution in [2.75, 3.05) is 0 Å². The minimum absolute atomic E-state index is 0.0837. The summed E-state index contributed by atoms with van der Waals surface area (Å²) in [4.78, 5) is 13.1. The lowest BCUT2D eigenvalue weighted by Crippen LogP contribution is -2.51. The van der Waals surface area contributed by atoms with E-state index in [1.54, 1.807) is 0 Å². The first-order valence-electron chi connectivity index (χ1n) is 11.4. The molecule has 2 aliphatic rings. The first-order chi connectivity index (χ1) is 13.6. The Bertz CT molecular complexity index is 734. The summed E-state index contributed by atoms with van der Waals surface area (Å²) in [6, 6.07) is 10.6. The minimum Gasteiger partial charge on any atom is -0.545 e. The number of hydrogen-bond acceptors (Lipinski definition) is 2. The number of hydrogen-bond donors (Lipinski definition) is 1. The molecular weight excluding hydrogens is 374 g/mol. The van der Waals surface area contributed by atoms with Gasteiger partial charge in [0.25, 0.3) is 8.32 Å². The normalized spacial score (nSPS) is 27.2. The second-order valence-electron chi connectivity index (χ2n) is 10.2. The van der Waals surface area contributed by atoms with E-state index >= 15 is 0 Å². The Morgan fingerprint density at radius 3 is 2.21 bits per heavy atom. The Morgan fingerprint density at radius 1 is 1.07 bits per heavy atom. The number of amides is 1. The number of allylic oxidation sites excluding steroid dienone is 1. The third kappa shape index (κ3) is 3.69. The van der Waals surface area contributed by atoms with Gasteiger partial charge in [0, 0.05) is 6.04 Å². The van der Waals surface area contributed by atoms with Crippen molar-refractivity contribution in [3.63, 3.8) is 0 Å². The van der Waals surface area contributed by atoms with Crippen molar-refractivity contribution in [3.8, 4) is 0 Å². The maximum Gasteiger partial charge on any atom is 0.258 e. The maximum absolute atomic E-state index is 13.1. The molecule has 3 atom stereocenters. The molecule has 160 valence electrons. The molecule has 0 spiro atoms. The van der Waals surface area contributed by atoms with Gasteiger partial charge in [-0.25, -0.2) is 0 Å². The molecule has 1 heterocycles. The fourth-order valence-electron chi connectivity index (χ4n) is 6.10. The Balaban J connectivity index is 2.00. The van der Waals surface area contributed by atoms with E-state index in [1.807, 2.05) is 6.07 Å². The summed E-state index contributed by atoms with van der Waals surface area (Å²) in [7, 11) is -2.07. The van der Waals surface area contributed by atoms with Crippen LogP contribution >= 0.6 is 0 Å². The highest BCUT2D eigenvalue weighted by molar-refractivity contribution is 6.77. The number of nitrogens with one attached hydrogen (secondary N) is 1. The summed E-state index contributed by atoms with van der Waals surface area (Å²) >= 11 is 0. The predicted octanol–water partition coefficient (Wildman–Crippen LogP) is 6.22. The molecule has 1 amide bonds. The molecule has 3 rings (SSSR count). The molecular formula is C25H39NO2Si. The van der Waals surface area contributed by atoms with Crippen LogP contribution in [0.3, 0.4) is 0 Å². The molecule has 0 bridgehead atoms.